The molecule has 0 amide bonds. The molecule has 0 spiro atoms. The van der Waals surface area contributed by atoms with E-state index in [-0.39, 0.29) is 69.7 Å². The maximum Gasteiger partial charge on any atom is 1.00 e. The maximum atomic E-state index is 12.8. The van der Waals surface area contributed by atoms with E-state index in [0.29, 0.717) is 5.69 Å². The predicted molar refractivity (Wildman–Crippen MR) is 123 cm³/mol. The summed E-state index contributed by atoms with van der Waals surface area (Å²) in [5.41, 5.74) is 3.17. The van der Waals surface area contributed by atoms with Crippen LogP contribution in [0.4, 0.5) is 8.78 Å². The minimum atomic E-state index is -0.266. The van der Waals surface area contributed by atoms with Gasteiger partial charge in [-0.15, -0.1) is 0 Å². The summed E-state index contributed by atoms with van der Waals surface area (Å²) in [6.07, 6.45) is 7.15. The quantitative estimate of drug-likeness (QED) is 0.339. The molecule has 0 fully saturated rings. The van der Waals surface area contributed by atoms with E-state index in [1.54, 1.807) is 47.7 Å². The van der Waals surface area contributed by atoms with Crippen LogP contribution >= 0.6 is 0 Å². The van der Waals surface area contributed by atoms with Crippen molar-refractivity contribution in [1.82, 2.24) is 19.1 Å². The molecule has 2 atom stereocenters. The molecule has 0 aliphatic rings. The van der Waals surface area contributed by atoms with Crippen molar-refractivity contribution in [3.8, 4) is 0 Å². The molecule has 10 heteroatoms. The van der Waals surface area contributed by atoms with Crippen molar-refractivity contribution in [2.24, 2.45) is 0 Å². The van der Waals surface area contributed by atoms with Gasteiger partial charge in [0.15, 0.2) is 6.29 Å². The number of imidazole rings is 2. The van der Waals surface area contributed by atoms with Crippen LogP contribution in [0.5, 0.6) is 0 Å². The number of hydrogen-bond donors (Lipinski definition) is 1. The molecule has 4 aromatic rings. The second kappa shape index (κ2) is 14.0. The second-order valence-electron chi connectivity index (χ2n) is 7.25. The Balaban J connectivity index is 0.000000608. The van der Waals surface area contributed by atoms with E-state index < -0.39 is 0 Å². The summed E-state index contributed by atoms with van der Waals surface area (Å²) >= 11 is 0. The minimum Gasteiger partial charge on any atom is -1.00 e. The standard InChI is InChI=1S/C12H13FN2O.C12H11FN2O.B.Na.H/c2*1-9(10-2-4-11(13)5-3-10)15-8-14-6-12(15)7-16;;;/h2-6,8-9,16H,7H2,1H3;2-9H,1H3;;;/q;;;+1;-1/t2*9-;;;/m11.../s1. The van der Waals surface area contributed by atoms with E-state index in [2.05, 4.69) is 9.97 Å². The van der Waals surface area contributed by atoms with Crippen molar-refractivity contribution in [2.75, 3.05) is 0 Å². The van der Waals surface area contributed by atoms with E-state index in [1.165, 1.54) is 30.5 Å². The molecule has 6 nitrogen and oxygen atoms in total. The van der Waals surface area contributed by atoms with Crippen LogP contribution in [0.2, 0.25) is 0 Å². The summed E-state index contributed by atoms with van der Waals surface area (Å²) in [6, 6.07) is 12.6. The molecule has 0 saturated heterocycles. The Bertz CT molecular complexity index is 1160. The Morgan fingerprint density at radius 2 is 1.32 bits per heavy atom. The number of carbonyl (C=O) groups excluding carboxylic acids is 1. The van der Waals surface area contributed by atoms with Crippen molar-refractivity contribution in [3.05, 3.63) is 108 Å². The molecule has 34 heavy (non-hydrogen) atoms. The zero-order chi connectivity index (χ0) is 23.1. The summed E-state index contributed by atoms with van der Waals surface area (Å²) in [5, 5.41) is 9.13. The fourth-order valence-corrected chi connectivity index (χ4v) is 3.34. The molecule has 0 aliphatic carbocycles. The van der Waals surface area contributed by atoms with Crippen LogP contribution in [0.1, 0.15) is 54.7 Å². The first-order chi connectivity index (χ1) is 15.4. The van der Waals surface area contributed by atoms with Gasteiger partial charge in [0, 0.05) is 8.41 Å². The molecule has 2 heterocycles. The fraction of sp³-hybridized carbons (Fsp3) is 0.208. The molecule has 0 unspecified atom stereocenters. The van der Waals surface area contributed by atoms with E-state index >= 15 is 0 Å². The fourth-order valence-electron chi connectivity index (χ4n) is 3.34. The van der Waals surface area contributed by atoms with Gasteiger partial charge in [0.05, 0.1) is 49.4 Å². The molecule has 0 aliphatic heterocycles. The number of aliphatic hydroxyl groups excluding tert-OH is 1. The maximum absolute atomic E-state index is 12.8. The van der Waals surface area contributed by atoms with Gasteiger partial charge in [-0.3, -0.25) is 4.79 Å². The first kappa shape index (κ1) is 29.4. The van der Waals surface area contributed by atoms with Crippen molar-refractivity contribution in [1.29, 1.82) is 0 Å². The first-order valence-corrected chi connectivity index (χ1v) is 10.0. The van der Waals surface area contributed by atoms with Crippen LogP contribution in [-0.4, -0.2) is 38.9 Å². The van der Waals surface area contributed by atoms with E-state index in [0.717, 1.165) is 23.1 Å². The van der Waals surface area contributed by atoms with Crippen LogP contribution in [0.25, 0.3) is 0 Å². The third-order valence-electron chi connectivity index (χ3n) is 5.26. The van der Waals surface area contributed by atoms with Gasteiger partial charge in [-0.2, -0.15) is 0 Å². The molecule has 3 radical (unpaired) electrons. The number of nitrogens with zero attached hydrogens (tertiary/aromatic N) is 4. The van der Waals surface area contributed by atoms with Gasteiger partial charge in [-0.1, -0.05) is 24.3 Å². The number of benzene rings is 2. The van der Waals surface area contributed by atoms with E-state index in [4.69, 9.17) is 5.11 Å². The third kappa shape index (κ3) is 7.20. The predicted octanol–water partition coefficient (Wildman–Crippen LogP) is 1.30. The zero-order valence-electron chi connectivity index (χ0n) is 20.3. The number of halogens is 2. The molecular formula is C24H25BF2N4NaO2. The van der Waals surface area contributed by atoms with Gasteiger partial charge in [0.25, 0.3) is 0 Å². The average Bonchev–Trinajstić information content (AvgIpc) is 3.49. The summed E-state index contributed by atoms with van der Waals surface area (Å²) in [5.74, 6) is -0.513. The largest absolute Gasteiger partial charge is 1.00 e. The van der Waals surface area contributed by atoms with Crippen LogP contribution in [-0.2, 0) is 6.61 Å². The molecule has 1 N–H and O–H groups in total. The molecular weight excluding hydrogens is 448 g/mol. The van der Waals surface area contributed by atoms with E-state index in [9.17, 15) is 13.6 Å². The molecule has 2 aromatic heterocycles. The Labute approximate surface area is 223 Å². The Hall–Kier alpha value is -2.59. The number of aliphatic hydroxyl groups is 1. The third-order valence-corrected chi connectivity index (χ3v) is 5.26. The van der Waals surface area contributed by atoms with Crippen LogP contribution in [0, 0.1) is 11.6 Å². The van der Waals surface area contributed by atoms with Gasteiger partial charge in [0.1, 0.15) is 17.3 Å². The van der Waals surface area contributed by atoms with Crippen LogP contribution in [0.3, 0.4) is 0 Å². The summed E-state index contributed by atoms with van der Waals surface area (Å²) in [6.45, 7) is 3.86. The second-order valence-corrected chi connectivity index (χ2v) is 7.25. The average molecular weight is 473 g/mol. The zero-order valence-corrected chi connectivity index (χ0v) is 21.3. The molecule has 4 rings (SSSR count). The topological polar surface area (TPSA) is 72.9 Å². The number of rotatable bonds is 6. The SMILES string of the molecule is C[C@H](c1ccc(F)cc1)n1cncc1C=O.C[C@H](c1ccc(F)cc1)n1cncc1CO.[B].[H-].[Na+]. The van der Waals surface area contributed by atoms with Gasteiger partial charge in [-0.05, 0) is 49.2 Å². The van der Waals surface area contributed by atoms with Crippen LogP contribution in [0.15, 0.2) is 73.6 Å². The normalized spacial score (nSPS) is 11.8. The Kier molecular flexibility index (Phi) is 12.1. The summed E-state index contributed by atoms with van der Waals surface area (Å²) in [7, 11) is 0. The van der Waals surface area contributed by atoms with E-state index in [1.807, 2.05) is 18.4 Å². The Morgan fingerprint density at radius 1 is 0.882 bits per heavy atom. The first-order valence-electron chi connectivity index (χ1n) is 10.0. The monoisotopic (exact) mass is 473 g/mol. The molecule has 2 aromatic carbocycles. The minimum absolute atomic E-state index is 0. The summed E-state index contributed by atoms with van der Waals surface area (Å²) in [4.78, 5) is 18.7. The van der Waals surface area contributed by atoms with Crippen molar-refractivity contribution < 1.29 is 49.7 Å². The molecule has 0 saturated carbocycles. The number of aromatic nitrogens is 4. The van der Waals surface area contributed by atoms with Gasteiger partial charge < -0.3 is 15.7 Å². The van der Waals surface area contributed by atoms with Gasteiger partial charge in [-0.25, -0.2) is 18.7 Å². The smallest absolute Gasteiger partial charge is 1.00 e. The van der Waals surface area contributed by atoms with Crippen molar-refractivity contribution in [2.45, 2.75) is 32.5 Å². The van der Waals surface area contributed by atoms with Crippen molar-refractivity contribution in [3.63, 3.8) is 0 Å². The Morgan fingerprint density at radius 3 is 1.79 bits per heavy atom. The number of aldehydes is 1. The van der Waals surface area contributed by atoms with Gasteiger partial charge in [0.2, 0.25) is 0 Å². The van der Waals surface area contributed by atoms with Crippen molar-refractivity contribution >= 4 is 14.7 Å². The van der Waals surface area contributed by atoms with Crippen LogP contribution < -0.4 is 29.6 Å². The molecule has 0 bridgehead atoms. The summed E-state index contributed by atoms with van der Waals surface area (Å²) < 4.78 is 29.2. The number of carbonyl (C=O) groups is 1. The number of hydrogen-bond acceptors (Lipinski definition) is 4. The molecule has 171 valence electrons. The van der Waals surface area contributed by atoms with Gasteiger partial charge >= 0.3 is 29.6 Å².